The second-order valence-corrected chi connectivity index (χ2v) is 8.90. The van der Waals surface area contributed by atoms with Crippen molar-refractivity contribution in [3.05, 3.63) is 53.7 Å². The number of hydrogen-bond donors (Lipinski definition) is 1. The van der Waals surface area contributed by atoms with E-state index < -0.39 is 17.9 Å². The van der Waals surface area contributed by atoms with Crippen LogP contribution in [0.25, 0.3) is 11.3 Å². The second-order valence-electron chi connectivity index (χ2n) is 8.52. The lowest BCUT2D eigenvalue weighted by atomic mass is 10.1. The quantitative estimate of drug-likeness (QED) is 0.537. The SMILES string of the molecule is Cn1cc(-c2cc(Oc3ccc(NC(=O)N4CCN(C5CCOCC5)C4=O)c(F)c3Cl)ccn2)cn1. The maximum atomic E-state index is 15.0. The number of rotatable bonds is 5. The second kappa shape index (κ2) is 10.1. The monoisotopic (exact) mass is 514 g/mol. The number of imide groups is 1. The highest BCUT2D eigenvalue weighted by atomic mass is 35.5. The molecule has 2 fully saturated rings. The molecule has 4 amide bonds. The topological polar surface area (TPSA) is 102 Å². The van der Waals surface area contributed by atoms with Crippen molar-refractivity contribution in [3.63, 3.8) is 0 Å². The van der Waals surface area contributed by atoms with Gasteiger partial charge in [0.15, 0.2) is 5.82 Å². The molecule has 0 saturated carbocycles. The summed E-state index contributed by atoms with van der Waals surface area (Å²) < 4.78 is 27.8. The van der Waals surface area contributed by atoms with Gasteiger partial charge in [0, 0.05) is 63.4 Å². The van der Waals surface area contributed by atoms with E-state index in [0.29, 0.717) is 31.2 Å². The van der Waals surface area contributed by atoms with Gasteiger partial charge in [-0.1, -0.05) is 11.6 Å². The van der Waals surface area contributed by atoms with Crippen molar-refractivity contribution >= 4 is 29.4 Å². The molecule has 3 aromatic rings. The van der Waals surface area contributed by atoms with Gasteiger partial charge in [0.2, 0.25) is 0 Å². The fraction of sp³-hybridized carbons (Fsp3) is 0.333. The first-order valence-electron chi connectivity index (χ1n) is 11.5. The molecule has 2 aromatic heterocycles. The number of aromatic nitrogens is 3. The number of hydrogen-bond acceptors (Lipinski definition) is 6. The highest BCUT2D eigenvalue weighted by Gasteiger charge is 2.38. The van der Waals surface area contributed by atoms with Gasteiger partial charge in [-0.3, -0.25) is 9.67 Å². The maximum absolute atomic E-state index is 15.0. The standard InChI is InChI=1S/C24H24ClFN6O4/c1-30-14-15(13-28-30)19-12-17(4-7-27-19)36-20-3-2-18(22(26)21(20)25)29-23(33)32-9-8-31(24(32)34)16-5-10-35-11-6-16/h2-4,7,12-14,16H,5-6,8-11H2,1H3,(H,29,33). The van der Waals surface area contributed by atoms with Crippen LogP contribution in [0, 0.1) is 5.82 Å². The third kappa shape index (κ3) is 4.84. The number of carbonyl (C=O) groups excluding carboxylic acids is 2. The molecule has 0 aliphatic carbocycles. The Kier molecular flexibility index (Phi) is 6.75. The van der Waals surface area contributed by atoms with E-state index in [9.17, 15) is 9.59 Å². The van der Waals surface area contributed by atoms with Crippen LogP contribution >= 0.6 is 11.6 Å². The third-order valence-electron chi connectivity index (χ3n) is 6.17. The molecular weight excluding hydrogens is 491 g/mol. The van der Waals surface area contributed by atoms with Crippen molar-refractivity contribution < 1.29 is 23.5 Å². The van der Waals surface area contributed by atoms with Crippen molar-refractivity contribution in [2.45, 2.75) is 18.9 Å². The van der Waals surface area contributed by atoms with Gasteiger partial charge in [0.05, 0.1) is 17.6 Å². The van der Waals surface area contributed by atoms with Gasteiger partial charge >= 0.3 is 12.1 Å². The molecule has 36 heavy (non-hydrogen) atoms. The summed E-state index contributed by atoms with van der Waals surface area (Å²) in [5.74, 6) is -0.395. The predicted octanol–water partition coefficient (Wildman–Crippen LogP) is 4.52. The first-order chi connectivity index (χ1) is 17.4. The Labute approximate surface area is 211 Å². The van der Waals surface area contributed by atoms with E-state index in [2.05, 4.69) is 15.4 Å². The van der Waals surface area contributed by atoms with Crippen molar-refractivity contribution in [2.75, 3.05) is 31.6 Å². The zero-order chi connectivity index (χ0) is 25.2. The molecule has 2 saturated heterocycles. The molecule has 1 aromatic carbocycles. The smallest absolute Gasteiger partial charge is 0.330 e. The van der Waals surface area contributed by atoms with Crippen LogP contribution in [0.3, 0.4) is 0 Å². The molecule has 0 spiro atoms. The van der Waals surface area contributed by atoms with Gasteiger partial charge in [-0.05, 0) is 31.0 Å². The van der Waals surface area contributed by atoms with Crippen LogP contribution < -0.4 is 10.1 Å². The van der Waals surface area contributed by atoms with Crippen LogP contribution in [0.15, 0.2) is 42.9 Å². The van der Waals surface area contributed by atoms with Crippen LogP contribution in [0.2, 0.25) is 5.02 Å². The number of halogens is 2. The minimum Gasteiger partial charge on any atom is -0.456 e. The van der Waals surface area contributed by atoms with Crippen LogP contribution in [0.1, 0.15) is 12.8 Å². The molecule has 5 rings (SSSR count). The zero-order valence-electron chi connectivity index (χ0n) is 19.5. The zero-order valence-corrected chi connectivity index (χ0v) is 20.2. The van der Waals surface area contributed by atoms with E-state index in [0.717, 1.165) is 23.3 Å². The number of ether oxygens (including phenoxy) is 2. The van der Waals surface area contributed by atoms with Gasteiger partial charge < -0.3 is 19.7 Å². The molecule has 0 unspecified atom stereocenters. The molecule has 0 radical (unpaired) electrons. The third-order valence-corrected chi connectivity index (χ3v) is 6.52. The molecule has 188 valence electrons. The normalized spacial score (nSPS) is 16.5. The van der Waals surface area contributed by atoms with E-state index in [1.807, 2.05) is 6.20 Å². The van der Waals surface area contributed by atoms with E-state index in [4.69, 9.17) is 21.1 Å². The molecule has 12 heteroatoms. The number of urea groups is 2. The number of anilines is 1. The van der Waals surface area contributed by atoms with Crippen LogP contribution in [-0.4, -0.2) is 69.0 Å². The number of pyridine rings is 1. The number of benzene rings is 1. The van der Waals surface area contributed by atoms with Crippen molar-refractivity contribution in [1.29, 1.82) is 0 Å². The average Bonchev–Trinajstić information content (AvgIpc) is 3.50. The average molecular weight is 515 g/mol. The fourth-order valence-corrected chi connectivity index (χ4v) is 4.48. The Hall–Kier alpha value is -3.70. The molecule has 0 bridgehead atoms. The fourth-order valence-electron chi connectivity index (χ4n) is 4.28. The Bertz CT molecular complexity index is 1300. The van der Waals surface area contributed by atoms with E-state index in [1.54, 1.807) is 41.2 Å². The molecule has 10 nitrogen and oxygen atoms in total. The molecule has 4 heterocycles. The predicted molar refractivity (Wildman–Crippen MR) is 130 cm³/mol. The molecule has 2 aliphatic heterocycles. The maximum Gasteiger partial charge on any atom is 0.330 e. The molecule has 2 aliphatic rings. The number of amides is 4. The summed E-state index contributed by atoms with van der Waals surface area (Å²) in [4.78, 5) is 32.6. The number of nitrogens with one attached hydrogen (secondary N) is 1. The highest BCUT2D eigenvalue weighted by molar-refractivity contribution is 6.32. The summed E-state index contributed by atoms with van der Waals surface area (Å²) in [7, 11) is 1.80. The van der Waals surface area contributed by atoms with E-state index >= 15 is 4.39 Å². The number of carbonyl (C=O) groups is 2. The largest absolute Gasteiger partial charge is 0.456 e. The summed E-state index contributed by atoms with van der Waals surface area (Å²) in [5, 5.41) is 6.27. The Morgan fingerprint density at radius 1 is 1.25 bits per heavy atom. The minimum atomic E-state index is -0.864. The van der Waals surface area contributed by atoms with Crippen LogP contribution in [-0.2, 0) is 11.8 Å². The van der Waals surface area contributed by atoms with Crippen LogP contribution in [0.4, 0.5) is 19.7 Å². The summed E-state index contributed by atoms with van der Waals surface area (Å²) >= 11 is 6.22. The summed E-state index contributed by atoms with van der Waals surface area (Å²) in [6.45, 7) is 1.83. The molecule has 0 atom stereocenters. The lowest BCUT2D eigenvalue weighted by Gasteiger charge is -2.30. The summed E-state index contributed by atoms with van der Waals surface area (Å²) in [6, 6.07) is 5.02. The Balaban J connectivity index is 1.27. The molecule has 1 N–H and O–H groups in total. The minimum absolute atomic E-state index is 0.0403. The number of aryl methyl sites for hydroxylation is 1. The van der Waals surface area contributed by atoms with Crippen molar-refractivity contribution in [1.82, 2.24) is 24.6 Å². The van der Waals surface area contributed by atoms with Crippen molar-refractivity contribution in [2.24, 2.45) is 7.05 Å². The van der Waals surface area contributed by atoms with E-state index in [-0.39, 0.29) is 29.0 Å². The molecular formula is C24H24ClFN6O4. The van der Waals surface area contributed by atoms with Gasteiger partial charge in [-0.15, -0.1) is 0 Å². The first-order valence-corrected chi connectivity index (χ1v) is 11.9. The van der Waals surface area contributed by atoms with Gasteiger partial charge in [-0.25, -0.2) is 18.9 Å². The lowest BCUT2D eigenvalue weighted by Crippen LogP contribution is -2.44. The first kappa shape index (κ1) is 24.0. The Morgan fingerprint density at radius 3 is 2.81 bits per heavy atom. The van der Waals surface area contributed by atoms with Gasteiger partial charge in [-0.2, -0.15) is 5.10 Å². The summed E-state index contributed by atoms with van der Waals surface area (Å²) in [5.41, 5.74) is 1.27. The lowest BCUT2D eigenvalue weighted by molar-refractivity contribution is 0.0510. The van der Waals surface area contributed by atoms with Crippen molar-refractivity contribution in [3.8, 4) is 22.8 Å². The van der Waals surface area contributed by atoms with Gasteiger partial charge in [0.25, 0.3) is 0 Å². The summed E-state index contributed by atoms with van der Waals surface area (Å²) in [6.07, 6.45) is 6.50. The Morgan fingerprint density at radius 2 is 2.06 bits per heavy atom. The number of nitrogens with zero attached hydrogens (tertiary/aromatic N) is 5. The van der Waals surface area contributed by atoms with E-state index in [1.165, 1.54) is 12.1 Å². The highest BCUT2D eigenvalue weighted by Crippen LogP contribution is 2.36. The van der Waals surface area contributed by atoms with Crippen LogP contribution in [0.5, 0.6) is 11.5 Å². The van der Waals surface area contributed by atoms with Gasteiger partial charge in [0.1, 0.15) is 16.5 Å².